The Kier molecular flexibility index (Phi) is 7.20. The van der Waals surface area contributed by atoms with Gasteiger partial charge in [0.25, 0.3) is 10.0 Å². The highest BCUT2D eigenvalue weighted by Gasteiger charge is 2.28. The summed E-state index contributed by atoms with van der Waals surface area (Å²) in [6, 6.07) is 19.8. The van der Waals surface area contributed by atoms with E-state index in [4.69, 9.17) is 16.3 Å². The van der Waals surface area contributed by atoms with E-state index in [0.717, 1.165) is 9.87 Å². The monoisotopic (exact) mass is 458 g/mol. The van der Waals surface area contributed by atoms with Crippen LogP contribution in [-0.4, -0.2) is 27.5 Å². The Labute approximate surface area is 187 Å². The van der Waals surface area contributed by atoms with E-state index in [-0.39, 0.29) is 11.4 Å². The molecule has 3 aromatic rings. The van der Waals surface area contributed by atoms with Gasteiger partial charge in [-0.05, 0) is 74.0 Å². The maximum absolute atomic E-state index is 13.4. The molecule has 0 saturated heterocycles. The third-order valence-corrected chi connectivity index (χ3v) is 6.55. The van der Waals surface area contributed by atoms with Crippen molar-refractivity contribution in [2.45, 2.75) is 18.7 Å². The summed E-state index contributed by atoms with van der Waals surface area (Å²) in [5, 5.41) is 3.17. The van der Waals surface area contributed by atoms with E-state index in [1.165, 1.54) is 24.3 Å². The topological polar surface area (TPSA) is 75.7 Å². The Hall–Kier alpha value is -3.03. The van der Waals surface area contributed by atoms with Gasteiger partial charge in [-0.1, -0.05) is 29.8 Å². The van der Waals surface area contributed by atoms with Gasteiger partial charge in [0.05, 0.1) is 17.2 Å². The molecule has 6 nitrogen and oxygen atoms in total. The van der Waals surface area contributed by atoms with Crippen LogP contribution in [0.1, 0.15) is 12.5 Å². The maximum atomic E-state index is 13.4. The lowest BCUT2D eigenvalue weighted by Gasteiger charge is -2.25. The summed E-state index contributed by atoms with van der Waals surface area (Å²) in [6.07, 6.45) is 0. The Morgan fingerprint density at radius 1 is 1.00 bits per heavy atom. The maximum Gasteiger partial charge on any atom is 0.264 e. The van der Waals surface area contributed by atoms with Crippen LogP contribution in [-0.2, 0) is 14.8 Å². The molecule has 1 amide bonds. The van der Waals surface area contributed by atoms with Gasteiger partial charge in [-0.2, -0.15) is 0 Å². The summed E-state index contributed by atoms with van der Waals surface area (Å²) in [4.78, 5) is 12.8. The molecule has 0 aromatic heterocycles. The molecule has 162 valence electrons. The Balaban J connectivity index is 1.89. The number of hydrogen-bond donors (Lipinski definition) is 1. The van der Waals surface area contributed by atoms with E-state index in [9.17, 15) is 13.2 Å². The first-order valence-corrected chi connectivity index (χ1v) is 11.5. The number of benzene rings is 3. The van der Waals surface area contributed by atoms with E-state index in [1.807, 2.05) is 13.0 Å². The average Bonchev–Trinajstić information content (AvgIpc) is 2.74. The van der Waals surface area contributed by atoms with Gasteiger partial charge >= 0.3 is 0 Å². The molecular formula is C23H23ClN2O4S. The predicted octanol–water partition coefficient (Wildman–Crippen LogP) is 4.88. The van der Waals surface area contributed by atoms with Gasteiger partial charge in [-0.25, -0.2) is 8.42 Å². The molecule has 3 rings (SSSR count). The standard InChI is InChI=1S/C23H23ClN2O4S/c1-3-30-20-12-10-19(11-13-20)25-23(27)16-26(22-7-5-4-6-17(22)2)31(28,29)21-14-8-18(24)9-15-21/h4-15H,3,16H2,1-2H3,(H,25,27). The van der Waals surface area contributed by atoms with Crippen LogP contribution >= 0.6 is 11.6 Å². The molecule has 0 unspecified atom stereocenters. The fraction of sp³-hybridized carbons (Fsp3) is 0.174. The molecule has 8 heteroatoms. The average molecular weight is 459 g/mol. The van der Waals surface area contributed by atoms with Gasteiger partial charge < -0.3 is 10.1 Å². The third-order valence-electron chi connectivity index (χ3n) is 4.52. The number of anilines is 2. The van der Waals surface area contributed by atoms with Crippen molar-refractivity contribution in [1.82, 2.24) is 0 Å². The molecule has 0 saturated carbocycles. The molecule has 31 heavy (non-hydrogen) atoms. The van der Waals surface area contributed by atoms with Crippen molar-refractivity contribution in [2.24, 2.45) is 0 Å². The molecule has 0 heterocycles. The lowest BCUT2D eigenvalue weighted by atomic mass is 10.2. The minimum atomic E-state index is -4.00. The zero-order chi connectivity index (χ0) is 22.4. The van der Waals surface area contributed by atoms with Crippen LogP contribution in [0, 0.1) is 6.92 Å². The van der Waals surface area contributed by atoms with Crippen LogP contribution in [0.25, 0.3) is 0 Å². The molecule has 0 bridgehead atoms. The summed E-state index contributed by atoms with van der Waals surface area (Å²) in [7, 11) is -4.00. The fourth-order valence-corrected chi connectivity index (χ4v) is 4.62. The van der Waals surface area contributed by atoms with Gasteiger partial charge in [-0.15, -0.1) is 0 Å². The van der Waals surface area contributed by atoms with Crippen molar-refractivity contribution in [3.63, 3.8) is 0 Å². The van der Waals surface area contributed by atoms with E-state index in [0.29, 0.717) is 28.8 Å². The zero-order valence-electron chi connectivity index (χ0n) is 17.2. The zero-order valence-corrected chi connectivity index (χ0v) is 18.8. The molecule has 0 fully saturated rings. The molecular weight excluding hydrogens is 436 g/mol. The first-order chi connectivity index (χ1) is 14.8. The van der Waals surface area contributed by atoms with Crippen molar-refractivity contribution >= 4 is 38.9 Å². The van der Waals surface area contributed by atoms with Crippen LogP contribution in [0.2, 0.25) is 5.02 Å². The number of sulfonamides is 1. The number of ether oxygens (including phenoxy) is 1. The van der Waals surface area contributed by atoms with Crippen LogP contribution in [0.3, 0.4) is 0 Å². The Bertz CT molecular complexity index is 1150. The second-order valence-electron chi connectivity index (χ2n) is 6.76. The van der Waals surface area contributed by atoms with Crippen LogP contribution in [0.15, 0.2) is 77.7 Å². The minimum Gasteiger partial charge on any atom is -0.494 e. The summed E-state index contributed by atoms with van der Waals surface area (Å²) in [5.41, 5.74) is 1.70. The van der Waals surface area contributed by atoms with E-state index >= 15 is 0 Å². The fourth-order valence-electron chi connectivity index (χ4n) is 3.01. The van der Waals surface area contributed by atoms with Gasteiger partial charge in [0.2, 0.25) is 5.91 Å². The first kappa shape index (κ1) is 22.7. The number of halogens is 1. The smallest absolute Gasteiger partial charge is 0.264 e. The van der Waals surface area contributed by atoms with E-state index in [1.54, 1.807) is 49.4 Å². The van der Waals surface area contributed by atoms with Gasteiger partial charge in [0.1, 0.15) is 12.3 Å². The molecule has 0 aliphatic carbocycles. The van der Waals surface area contributed by atoms with Gasteiger partial charge in [-0.3, -0.25) is 9.10 Å². The summed E-state index contributed by atoms with van der Waals surface area (Å²) in [5.74, 6) is 0.220. The predicted molar refractivity (Wildman–Crippen MR) is 123 cm³/mol. The summed E-state index contributed by atoms with van der Waals surface area (Å²) >= 11 is 5.91. The normalized spacial score (nSPS) is 11.1. The minimum absolute atomic E-state index is 0.0500. The lowest BCUT2D eigenvalue weighted by molar-refractivity contribution is -0.114. The Morgan fingerprint density at radius 3 is 2.26 bits per heavy atom. The molecule has 1 N–H and O–H groups in total. The van der Waals surface area contributed by atoms with Crippen molar-refractivity contribution in [3.8, 4) is 5.75 Å². The number of amides is 1. The molecule has 0 atom stereocenters. The van der Waals surface area contributed by atoms with Crippen LogP contribution in [0.5, 0.6) is 5.75 Å². The number of rotatable bonds is 8. The molecule has 3 aromatic carbocycles. The highest BCUT2D eigenvalue weighted by molar-refractivity contribution is 7.92. The number of carbonyl (C=O) groups excluding carboxylic acids is 1. The first-order valence-electron chi connectivity index (χ1n) is 9.68. The summed E-state index contributed by atoms with van der Waals surface area (Å²) < 4.78 is 33.3. The number of para-hydroxylation sites is 1. The van der Waals surface area contributed by atoms with Crippen LogP contribution in [0.4, 0.5) is 11.4 Å². The van der Waals surface area contributed by atoms with Crippen molar-refractivity contribution in [1.29, 1.82) is 0 Å². The van der Waals surface area contributed by atoms with E-state index < -0.39 is 15.9 Å². The quantitative estimate of drug-likeness (QED) is 0.522. The van der Waals surface area contributed by atoms with Gasteiger partial charge in [0.15, 0.2) is 0 Å². The summed E-state index contributed by atoms with van der Waals surface area (Å²) in [6.45, 7) is 3.84. The number of nitrogens with zero attached hydrogens (tertiary/aromatic N) is 1. The molecule has 0 aliphatic heterocycles. The van der Waals surface area contributed by atoms with Crippen LogP contribution < -0.4 is 14.4 Å². The van der Waals surface area contributed by atoms with Gasteiger partial charge in [0, 0.05) is 10.7 Å². The highest BCUT2D eigenvalue weighted by atomic mass is 35.5. The van der Waals surface area contributed by atoms with Crippen molar-refractivity contribution < 1.29 is 17.9 Å². The molecule has 0 radical (unpaired) electrons. The number of carbonyl (C=O) groups is 1. The largest absolute Gasteiger partial charge is 0.494 e. The third kappa shape index (κ3) is 5.57. The SMILES string of the molecule is CCOc1ccc(NC(=O)CN(c2ccccc2C)S(=O)(=O)c2ccc(Cl)cc2)cc1. The highest BCUT2D eigenvalue weighted by Crippen LogP contribution is 2.27. The van der Waals surface area contributed by atoms with Crippen molar-refractivity contribution in [2.75, 3.05) is 22.8 Å². The molecule has 0 aliphatic rings. The lowest BCUT2D eigenvalue weighted by Crippen LogP contribution is -2.38. The van der Waals surface area contributed by atoms with Crippen molar-refractivity contribution in [3.05, 3.63) is 83.4 Å². The number of aryl methyl sites for hydroxylation is 1. The second-order valence-corrected chi connectivity index (χ2v) is 9.06. The molecule has 0 spiro atoms. The Morgan fingerprint density at radius 2 is 1.65 bits per heavy atom. The van der Waals surface area contributed by atoms with E-state index in [2.05, 4.69) is 5.32 Å². The second kappa shape index (κ2) is 9.85. The number of hydrogen-bond acceptors (Lipinski definition) is 4. The number of nitrogens with one attached hydrogen (secondary N) is 1.